The first-order chi connectivity index (χ1) is 12.9. The molecule has 0 bridgehead atoms. The molecule has 0 spiro atoms. The lowest BCUT2D eigenvalue weighted by atomic mass is 10.1. The van der Waals surface area contributed by atoms with Gasteiger partial charge >= 0.3 is 5.97 Å². The van der Waals surface area contributed by atoms with Crippen LogP contribution in [0.15, 0.2) is 24.5 Å². The molecule has 2 aromatic rings. The van der Waals surface area contributed by atoms with E-state index in [-0.39, 0.29) is 30.7 Å². The minimum atomic E-state index is -0.613. The molecule has 27 heavy (non-hydrogen) atoms. The van der Waals surface area contributed by atoms with E-state index >= 15 is 0 Å². The Balaban J connectivity index is 2.01. The quantitative estimate of drug-likeness (QED) is 0.726. The van der Waals surface area contributed by atoms with Crippen molar-refractivity contribution in [2.24, 2.45) is 5.92 Å². The number of ether oxygens (including phenoxy) is 2. The predicted octanol–water partition coefficient (Wildman–Crippen LogP) is 2.62. The Morgan fingerprint density at radius 3 is 2.85 bits per heavy atom. The van der Waals surface area contributed by atoms with Gasteiger partial charge in [0, 0.05) is 7.05 Å². The van der Waals surface area contributed by atoms with Gasteiger partial charge in [0.2, 0.25) is 0 Å². The molecule has 1 amide bonds. The van der Waals surface area contributed by atoms with Gasteiger partial charge in [-0.2, -0.15) is 0 Å². The van der Waals surface area contributed by atoms with E-state index in [2.05, 4.69) is 4.98 Å². The lowest BCUT2D eigenvalue weighted by Gasteiger charge is -2.15. The number of benzene rings is 1. The zero-order valence-corrected chi connectivity index (χ0v) is 15.6. The molecule has 0 N–H and O–H groups in total. The number of amides is 1. The Bertz CT molecular complexity index is 863. The van der Waals surface area contributed by atoms with Crippen LogP contribution >= 0.6 is 0 Å². The molecule has 0 radical (unpaired) electrons. The molecule has 0 saturated heterocycles. The smallest absolute Gasteiger partial charge is 0.358 e. The van der Waals surface area contributed by atoms with Crippen LogP contribution in [-0.2, 0) is 11.3 Å². The average molecular weight is 375 g/mol. The highest BCUT2D eigenvalue weighted by atomic mass is 19.1. The van der Waals surface area contributed by atoms with Crippen molar-refractivity contribution in [2.75, 3.05) is 26.9 Å². The third-order valence-corrected chi connectivity index (χ3v) is 4.15. The topological polar surface area (TPSA) is 73.7 Å². The van der Waals surface area contributed by atoms with Gasteiger partial charge in [0.15, 0.2) is 5.69 Å². The van der Waals surface area contributed by atoms with Crippen molar-refractivity contribution >= 4 is 11.9 Å². The van der Waals surface area contributed by atoms with Crippen molar-refractivity contribution in [1.29, 1.82) is 0 Å². The average Bonchev–Trinajstić information content (AvgIpc) is 3.02. The van der Waals surface area contributed by atoms with Crippen molar-refractivity contribution in [3.63, 3.8) is 0 Å². The summed E-state index contributed by atoms with van der Waals surface area (Å²) in [7, 11) is 1.65. The van der Waals surface area contributed by atoms with E-state index in [9.17, 15) is 14.0 Å². The summed E-state index contributed by atoms with van der Waals surface area (Å²) in [5, 5.41) is 0. The third kappa shape index (κ3) is 3.79. The molecule has 7 nitrogen and oxygen atoms in total. The maximum atomic E-state index is 12.8. The van der Waals surface area contributed by atoms with Gasteiger partial charge in [0.25, 0.3) is 5.91 Å². The van der Waals surface area contributed by atoms with Crippen LogP contribution in [0.1, 0.15) is 40.4 Å². The van der Waals surface area contributed by atoms with Crippen molar-refractivity contribution in [3.8, 4) is 11.4 Å². The Hall–Kier alpha value is -2.90. The molecular formula is C19H22FN3O4. The van der Waals surface area contributed by atoms with Crippen LogP contribution < -0.4 is 4.74 Å². The minimum absolute atomic E-state index is 0.0784. The van der Waals surface area contributed by atoms with Gasteiger partial charge in [-0.05, 0) is 24.1 Å². The summed E-state index contributed by atoms with van der Waals surface area (Å²) >= 11 is 0. The highest BCUT2D eigenvalue weighted by Crippen LogP contribution is 2.29. The van der Waals surface area contributed by atoms with Crippen LogP contribution in [-0.4, -0.2) is 53.3 Å². The molecule has 0 fully saturated rings. The zero-order valence-electron chi connectivity index (χ0n) is 15.6. The number of imidazole rings is 1. The Kier molecular flexibility index (Phi) is 5.43. The minimum Gasteiger partial charge on any atom is -0.491 e. The summed E-state index contributed by atoms with van der Waals surface area (Å²) in [6.45, 7) is 3.72. The summed E-state index contributed by atoms with van der Waals surface area (Å²) in [4.78, 5) is 30.9. The van der Waals surface area contributed by atoms with Crippen molar-refractivity contribution in [3.05, 3.63) is 41.5 Å². The first-order valence-electron chi connectivity index (χ1n) is 8.74. The fourth-order valence-electron chi connectivity index (χ4n) is 2.86. The largest absolute Gasteiger partial charge is 0.491 e. The Morgan fingerprint density at radius 1 is 1.37 bits per heavy atom. The molecule has 1 aliphatic heterocycles. The first kappa shape index (κ1) is 18.9. The summed E-state index contributed by atoms with van der Waals surface area (Å²) in [6, 6.07) is 4.94. The number of carbonyl (C=O) groups is 2. The molecule has 8 heteroatoms. The van der Waals surface area contributed by atoms with Crippen LogP contribution in [0, 0.1) is 5.92 Å². The summed E-state index contributed by atoms with van der Waals surface area (Å²) < 4.78 is 24.6. The molecule has 1 aliphatic rings. The monoisotopic (exact) mass is 375 g/mol. The lowest BCUT2D eigenvalue weighted by Crippen LogP contribution is -2.26. The maximum absolute atomic E-state index is 12.8. The molecule has 1 aromatic carbocycles. The molecule has 0 saturated carbocycles. The van der Waals surface area contributed by atoms with Gasteiger partial charge in [-0.15, -0.1) is 0 Å². The molecule has 0 atom stereocenters. The van der Waals surface area contributed by atoms with Crippen molar-refractivity contribution in [2.45, 2.75) is 20.4 Å². The lowest BCUT2D eigenvalue weighted by molar-refractivity contribution is 0.0449. The van der Waals surface area contributed by atoms with E-state index in [4.69, 9.17) is 9.47 Å². The first-order valence-corrected chi connectivity index (χ1v) is 8.74. The van der Waals surface area contributed by atoms with Crippen LogP contribution in [0.4, 0.5) is 4.39 Å². The van der Waals surface area contributed by atoms with E-state index < -0.39 is 12.6 Å². The van der Waals surface area contributed by atoms with Gasteiger partial charge in [-0.25, -0.2) is 14.2 Å². The number of fused-ring (bicyclic) bond motifs is 3. The summed E-state index contributed by atoms with van der Waals surface area (Å²) in [6.07, 6.45) is 1.51. The van der Waals surface area contributed by atoms with Crippen LogP contribution in [0.2, 0.25) is 0 Å². The van der Waals surface area contributed by atoms with Crippen LogP contribution in [0.5, 0.6) is 5.75 Å². The van der Waals surface area contributed by atoms with E-state index in [0.29, 0.717) is 29.3 Å². The molecular weight excluding hydrogens is 353 g/mol. The fourth-order valence-corrected chi connectivity index (χ4v) is 2.86. The molecule has 3 rings (SSSR count). The van der Waals surface area contributed by atoms with Crippen molar-refractivity contribution < 1.29 is 23.5 Å². The van der Waals surface area contributed by atoms with E-state index in [1.165, 1.54) is 11.2 Å². The van der Waals surface area contributed by atoms with E-state index in [1.807, 2.05) is 13.8 Å². The number of carbonyl (C=O) groups excluding carboxylic acids is 2. The summed E-state index contributed by atoms with van der Waals surface area (Å²) in [5.41, 5.74) is 1.76. The number of nitrogens with zero attached hydrogens (tertiary/aromatic N) is 3. The molecule has 0 aliphatic carbocycles. The van der Waals surface area contributed by atoms with Crippen LogP contribution in [0.25, 0.3) is 5.69 Å². The molecule has 1 aromatic heterocycles. The molecule has 2 heterocycles. The van der Waals surface area contributed by atoms with Gasteiger partial charge < -0.3 is 14.4 Å². The number of esters is 1. The second-order valence-electron chi connectivity index (χ2n) is 6.78. The second-order valence-corrected chi connectivity index (χ2v) is 6.78. The summed E-state index contributed by atoms with van der Waals surface area (Å²) in [5.74, 6) is -0.110. The zero-order chi connectivity index (χ0) is 19.6. The molecule has 144 valence electrons. The normalized spacial score (nSPS) is 13.2. The Morgan fingerprint density at radius 2 is 2.15 bits per heavy atom. The standard InChI is InChI=1S/C19H22FN3O4/c1-12(2)10-27-19(25)17-16-9-22(3)18(24)14-8-13(26-7-6-20)4-5-15(14)23(16)11-21-17/h4-5,8,11-12H,6-7,9-10H2,1-3H3. The van der Waals surface area contributed by atoms with Gasteiger partial charge in [-0.1, -0.05) is 13.8 Å². The van der Waals surface area contributed by atoms with Crippen LogP contribution in [0.3, 0.4) is 0 Å². The van der Waals surface area contributed by atoms with E-state index in [0.717, 1.165) is 0 Å². The van der Waals surface area contributed by atoms with Gasteiger partial charge in [0.05, 0.1) is 30.1 Å². The number of aromatic nitrogens is 2. The predicted molar refractivity (Wildman–Crippen MR) is 96.0 cm³/mol. The Labute approximate surface area is 156 Å². The number of alkyl halides is 1. The SMILES string of the molecule is CC(C)COC(=O)c1ncn2c1CN(C)C(=O)c1cc(OCCF)ccc1-2. The maximum Gasteiger partial charge on any atom is 0.358 e. The van der Waals surface area contributed by atoms with Gasteiger partial charge in [0.1, 0.15) is 25.4 Å². The number of hydrogen-bond donors (Lipinski definition) is 0. The highest BCUT2D eigenvalue weighted by molar-refractivity contribution is 5.99. The van der Waals surface area contributed by atoms with Crippen molar-refractivity contribution in [1.82, 2.24) is 14.5 Å². The third-order valence-electron chi connectivity index (χ3n) is 4.15. The molecule has 0 unspecified atom stereocenters. The van der Waals surface area contributed by atoms with Gasteiger partial charge in [-0.3, -0.25) is 9.36 Å². The van der Waals surface area contributed by atoms with E-state index in [1.54, 1.807) is 29.8 Å². The second kappa shape index (κ2) is 7.77. The fraction of sp³-hybridized carbons (Fsp3) is 0.421. The highest BCUT2D eigenvalue weighted by Gasteiger charge is 2.29. The number of rotatable bonds is 6. The number of hydrogen-bond acceptors (Lipinski definition) is 5. The number of halogens is 1.